The lowest BCUT2D eigenvalue weighted by atomic mass is 9.82. The van der Waals surface area contributed by atoms with Gasteiger partial charge in [0.15, 0.2) is 0 Å². The molecule has 0 saturated carbocycles. The number of aromatic nitrogens is 1. The number of thiazole rings is 1. The number of fused-ring (bicyclic) bond motifs is 3. The maximum absolute atomic E-state index is 12.7. The van der Waals surface area contributed by atoms with Crippen LogP contribution in [0.4, 0.5) is 5.69 Å². The fourth-order valence-corrected chi connectivity index (χ4v) is 5.06. The Balaban J connectivity index is 1.34. The van der Waals surface area contributed by atoms with Gasteiger partial charge < -0.3 is 15.2 Å². The molecule has 29 heavy (non-hydrogen) atoms. The molecule has 2 aliphatic rings. The monoisotopic (exact) mass is 406 g/mol. The van der Waals surface area contributed by atoms with Gasteiger partial charge in [-0.3, -0.25) is 9.59 Å². The van der Waals surface area contributed by atoms with Crippen LogP contribution in [-0.4, -0.2) is 34.2 Å². The summed E-state index contributed by atoms with van der Waals surface area (Å²) in [5.41, 5.74) is 3.75. The molecule has 146 valence electrons. The van der Waals surface area contributed by atoms with Gasteiger partial charge in [-0.15, -0.1) is 11.3 Å². The zero-order valence-electron chi connectivity index (χ0n) is 15.5. The minimum absolute atomic E-state index is 0.336. The highest BCUT2D eigenvalue weighted by atomic mass is 32.1. The molecule has 2 N–H and O–H groups in total. The zero-order valence-corrected chi connectivity index (χ0v) is 16.3. The Morgan fingerprint density at radius 2 is 1.79 bits per heavy atom. The van der Waals surface area contributed by atoms with E-state index in [4.69, 9.17) is 4.74 Å². The maximum atomic E-state index is 12.7. The standard InChI is InChI=1S/C22H18N2O4S/c1-11-2-7-14-17(10-11)29-21(24-14)12-3-5-13(6-4-12)23-20(25)18-15-8-9-16(28-15)19(18)22(26)27/h2-10,15-16,18-19H,1H3,(H,23,25)(H,26,27)/t15-,16+,18-,19-/m0/s1. The molecular formula is C22H18N2O4S. The summed E-state index contributed by atoms with van der Waals surface area (Å²) in [5.74, 6) is -2.92. The van der Waals surface area contributed by atoms with Crippen molar-refractivity contribution in [1.29, 1.82) is 0 Å². The molecule has 1 amide bonds. The third-order valence-electron chi connectivity index (χ3n) is 5.43. The largest absolute Gasteiger partial charge is 0.481 e. The second-order valence-electron chi connectivity index (χ2n) is 7.40. The molecule has 0 aliphatic carbocycles. The Morgan fingerprint density at radius 1 is 1.07 bits per heavy atom. The normalized spacial score (nSPS) is 24.9. The number of hydrogen-bond donors (Lipinski definition) is 2. The number of anilines is 1. The Hall–Kier alpha value is -3.03. The third-order valence-corrected chi connectivity index (χ3v) is 6.50. The van der Waals surface area contributed by atoms with Gasteiger partial charge in [0.2, 0.25) is 5.91 Å². The molecule has 1 saturated heterocycles. The second kappa shape index (κ2) is 6.79. The molecule has 1 fully saturated rings. The molecule has 4 atom stereocenters. The van der Waals surface area contributed by atoms with Crippen LogP contribution >= 0.6 is 11.3 Å². The molecule has 0 radical (unpaired) electrons. The number of nitrogens with zero attached hydrogens (tertiary/aromatic N) is 1. The molecule has 0 spiro atoms. The molecular weight excluding hydrogens is 388 g/mol. The van der Waals surface area contributed by atoms with Crippen molar-refractivity contribution in [3.8, 4) is 10.6 Å². The predicted molar refractivity (Wildman–Crippen MR) is 111 cm³/mol. The number of aryl methyl sites for hydroxylation is 1. The van der Waals surface area contributed by atoms with E-state index in [0.717, 1.165) is 20.8 Å². The minimum atomic E-state index is -1.01. The summed E-state index contributed by atoms with van der Waals surface area (Å²) in [7, 11) is 0. The van der Waals surface area contributed by atoms with Crippen molar-refractivity contribution in [2.75, 3.05) is 5.32 Å². The number of ether oxygens (including phenoxy) is 1. The van der Waals surface area contributed by atoms with E-state index in [1.807, 2.05) is 36.4 Å². The molecule has 6 nitrogen and oxygen atoms in total. The molecule has 7 heteroatoms. The van der Waals surface area contributed by atoms with Crippen LogP contribution in [0.5, 0.6) is 0 Å². The lowest BCUT2D eigenvalue weighted by molar-refractivity contribution is -0.145. The van der Waals surface area contributed by atoms with Gasteiger partial charge in [-0.05, 0) is 48.9 Å². The first-order valence-electron chi connectivity index (χ1n) is 9.35. The molecule has 2 bridgehead atoms. The number of carboxylic acids is 1. The van der Waals surface area contributed by atoms with E-state index in [0.29, 0.717) is 5.69 Å². The smallest absolute Gasteiger partial charge is 0.310 e. The molecule has 2 aromatic carbocycles. The first-order valence-corrected chi connectivity index (χ1v) is 10.2. The SMILES string of the molecule is Cc1ccc2nc(-c3ccc(NC(=O)[C@@H]4[C@@H](C(=O)O)[C@H]5C=C[C@@H]4O5)cc3)sc2c1. The summed E-state index contributed by atoms with van der Waals surface area (Å²) in [6, 6.07) is 13.6. The van der Waals surface area contributed by atoms with Gasteiger partial charge in [0.25, 0.3) is 0 Å². The van der Waals surface area contributed by atoms with E-state index in [9.17, 15) is 14.7 Å². The zero-order chi connectivity index (χ0) is 20.1. The average molecular weight is 406 g/mol. The lowest BCUT2D eigenvalue weighted by Gasteiger charge is -2.21. The van der Waals surface area contributed by atoms with Crippen molar-refractivity contribution < 1.29 is 19.4 Å². The van der Waals surface area contributed by atoms with Gasteiger partial charge in [0.1, 0.15) is 10.9 Å². The molecule has 1 aromatic heterocycles. The first kappa shape index (κ1) is 18.0. The topological polar surface area (TPSA) is 88.5 Å². The number of aliphatic carboxylic acids is 1. The third kappa shape index (κ3) is 3.12. The van der Waals surface area contributed by atoms with E-state index < -0.39 is 30.0 Å². The first-order chi connectivity index (χ1) is 14.0. The van der Waals surface area contributed by atoms with Gasteiger partial charge >= 0.3 is 5.97 Å². The van der Waals surface area contributed by atoms with Crippen molar-refractivity contribution in [3.63, 3.8) is 0 Å². The molecule has 3 aromatic rings. The number of nitrogens with one attached hydrogen (secondary N) is 1. The predicted octanol–water partition coefficient (Wildman–Crippen LogP) is 3.86. The highest BCUT2D eigenvalue weighted by Gasteiger charge is 2.53. The highest BCUT2D eigenvalue weighted by molar-refractivity contribution is 7.21. The Morgan fingerprint density at radius 3 is 2.52 bits per heavy atom. The summed E-state index contributed by atoms with van der Waals surface area (Å²) in [6.45, 7) is 2.06. The van der Waals surface area contributed by atoms with E-state index in [-0.39, 0.29) is 5.91 Å². The summed E-state index contributed by atoms with van der Waals surface area (Å²) in [4.78, 5) is 29.0. The number of amides is 1. The van der Waals surface area contributed by atoms with Crippen molar-refractivity contribution >= 4 is 39.1 Å². The summed E-state index contributed by atoms with van der Waals surface area (Å²) in [6.07, 6.45) is 2.48. The van der Waals surface area contributed by atoms with Crippen LogP contribution < -0.4 is 5.32 Å². The van der Waals surface area contributed by atoms with Gasteiger partial charge in [0.05, 0.1) is 28.3 Å². The van der Waals surface area contributed by atoms with Crippen LogP contribution in [0.1, 0.15) is 5.56 Å². The molecule has 0 unspecified atom stereocenters. The highest BCUT2D eigenvalue weighted by Crippen LogP contribution is 2.40. The van der Waals surface area contributed by atoms with Crippen LogP contribution in [-0.2, 0) is 14.3 Å². The fraction of sp³-hybridized carbons (Fsp3) is 0.227. The quantitative estimate of drug-likeness (QED) is 0.642. The van der Waals surface area contributed by atoms with Gasteiger partial charge in [-0.25, -0.2) is 4.98 Å². The van der Waals surface area contributed by atoms with Crippen molar-refractivity contribution in [1.82, 2.24) is 4.98 Å². The summed E-state index contributed by atoms with van der Waals surface area (Å²) >= 11 is 1.63. The number of carboxylic acid groups (broad SMARTS) is 1. The molecule has 2 aliphatic heterocycles. The lowest BCUT2D eigenvalue weighted by Crippen LogP contribution is -2.39. The molecule has 5 rings (SSSR count). The summed E-state index contributed by atoms with van der Waals surface area (Å²) < 4.78 is 6.71. The van der Waals surface area contributed by atoms with E-state index in [1.54, 1.807) is 23.5 Å². The average Bonchev–Trinajstić information content (AvgIpc) is 3.42. The maximum Gasteiger partial charge on any atom is 0.310 e. The van der Waals surface area contributed by atoms with Crippen molar-refractivity contribution in [2.45, 2.75) is 19.1 Å². The van der Waals surface area contributed by atoms with Crippen molar-refractivity contribution in [2.24, 2.45) is 11.8 Å². The Labute approximate surface area is 170 Å². The second-order valence-corrected chi connectivity index (χ2v) is 8.43. The Bertz CT molecular complexity index is 1150. The van der Waals surface area contributed by atoms with Crippen LogP contribution in [0.15, 0.2) is 54.6 Å². The van der Waals surface area contributed by atoms with Crippen LogP contribution in [0.3, 0.4) is 0 Å². The summed E-state index contributed by atoms with van der Waals surface area (Å²) in [5, 5.41) is 13.2. The van der Waals surface area contributed by atoms with E-state index in [1.165, 1.54) is 5.56 Å². The van der Waals surface area contributed by atoms with Crippen LogP contribution in [0.2, 0.25) is 0 Å². The number of carbonyl (C=O) groups is 2. The Kier molecular flexibility index (Phi) is 4.22. The van der Waals surface area contributed by atoms with Crippen molar-refractivity contribution in [3.05, 3.63) is 60.2 Å². The fourth-order valence-electron chi connectivity index (χ4n) is 3.99. The number of carbonyl (C=O) groups excluding carboxylic acids is 1. The van der Waals surface area contributed by atoms with E-state index in [2.05, 4.69) is 23.3 Å². The van der Waals surface area contributed by atoms with Crippen LogP contribution in [0.25, 0.3) is 20.8 Å². The molecule has 3 heterocycles. The number of benzene rings is 2. The van der Waals surface area contributed by atoms with Crippen LogP contribution in [0, 0.1) is 18.8 Å². The number of hydrogen-bond acceptors (Lipinski definition) is 5. The van der Waals surface area contributed by atoms with Gasteiger partial charge in [-0.2, -0.15) is 0 Å². The van der Waals surface area contributed by atoms with E-state index >= 15 is 0 Å². The van der Waals surface area contributed by atoms with Gasteiger partial charge in [0, 0.05) is 11.3 Å². The minimum Gasteiger partial charge on any atom is -0.481 e. The number of rotatable bonds is 4. The van der Waals surface area contributed by atoms with Gasteiger partial charge in [-0.1, -0.05) is 18.2 Å².